The molecule has 2 N–H and O–H groups in total. The first kappa shape index (κ1) is 20.1. The van der Waals surface area contributed by atoms with Crippen LogP contribution in [0.25, 0.3) is 0 Å². The number of thiazole rings is 1. The van der Waals surface area contributed by atoms with Crippen LogP contribution >= 0.6 is 11.3 Å². The zero-order valence-corrected chi connectivity index (χ0v) is 17.3. The van der Waals surface area contributed by atoms with Crippen LogP contribution in [0, 0.1) is 5.92 Å². The van der Waals surface area contributed by atoms with Crippen molar-refractivity contribution in [1.82, 2.24) is 15.2 Å². The number of nitrogens with zero attached hydrogens (tertiary/aromatic N) is 2. The van der Waals surface area contributed by atoms with Crippen molar-refractivity contribution in [2.24, 2.45) is 5.92 Å². The highest BCUT2D eigenvalue weighted by Gasteiger charge is 2.39. The summed E-state index contributed by atoms with van der Waals surface area (Å²) < 4.78 is 5.46. The smallest absolute Gasteiger partial charge is 0.263 e. The fourth-order valence-corrected chi connectivity index (χ4v) is 4.28. The molecule has 1 aliphatic carbocycles. The van der Waals surface area contributed by atoms with Crippen molar-refractivity contribution >= 4 is 28.3 Å². The van der Waals surface area contributed by atoms with Gasteiger partial charge in [0.05, 0.1) is 12.2 Å². The van der Waals surface area contributed by atoms with E-state index in [1.165, 1.54) is 24.2 Å². The molecule has 0 radical (unpaired) electrons. The number of amides is 2. The highest BCUT2D eigenvalue weighted by molar-refractivity contribution is 7.17. The van der Waals surface area contributed by atoms with E-state index in [2.05, 4.69) is 22.5 Å². The summed E-state index contributed by atoms with van der Waals surface area (Å²) in [7, 11) is 1.59. The molecular weight excluding hydrogens is 364 g/mol. The van der Waals surface area contributed by atoms with Gasteiger partial charge >= 0.3 is 0 Å². The van der Waals surface area contributed by atoms with Gasteiger partial charge in [0, 0.05) is 25.7 Å². The first-order valence-corrected chi connectivity index (χ1v) is 10.6. The monoisotopic (exact) mass is 394 g/mol. The van der Waals surface area contributed by atoms with E-state index in [4.69, 9.17) is 4.74 Å². The van der Waals surface area contributed by atoms with E-state index < -0.39 is 6.10 Å². The number of ether oxygens (including phenoxy) is 1. The van der Waals surface area contributed by atoms with Crippen LogP contribution in [0.5, 0.6) is 0 Å². The van der Waals surface area contributed by atoms with Crippen molar-refractivity contribution in [3.05, 3.63) is 11.1 Å². The SMILES string of the molecule is CCC(C)C(OC)C(=O)N1CC[C@@H](NC(=O)c2cnc(NC3CC3)s2)[C@H]1C. The molecule has 1 aromatic heterocycles. The van der Waals surface area contributed by atoms with Gasteiger partial charge in [-0.15, -0.1) is 0 Å². The van der Waals surface area contributed by atoms with Crippen LogP contribution in [0.1, 0.15) is 56.1 Å². The standard InChI is InChI=1S/C19H30N4O3S/c1-5-11(2)16(26-4)18(25)23-9-8-14(12(23)3)22-17(24)15-10-20-19(27-15)21-13-6-7-13/h10-14,16H,5-9H2,1-4H3,(H,20,21)(H,22,24)/t11?,12-,14-,16?/m1/s1. The Morgan fingerprint density at radius 1 is 1.41 bits per heavy atom. The Morgan fingerprint density at radius 3 is 2.78 bits per heavy atom. The molecule has 3 rings (SSSR count). The van der Waals surface area contributed by atoms with E-state index in [1.807, 2.05) is 18.7 Å². The predicted molar refractivity (Wildman–Crippen MR) is 106 cm³/mol. The number of carbonyl (C=O) groups excluding carboxylic acids is 2. The average molecular weight is 395 g/mol. The number of anilines is 1. The predicted octanol–water partition coefficient (Wildman–Crippen LogP) is 2.50. The Balaban J connectivity index is 1.57. The average Bonchev–Trinajstić information content (AvgIpc) is 3.22. The number of hydrogen-bond donors (Lipinski definition) is 2. The number of aromatic nitrogens is 1. The lowest BCUT2D eigenvalue weighted by molar-refractivity contribution is -0.145. The van der Waals surface area contributed by atoms with Crippen LogP contribution in [0.4, 0.5) is 5.13 Å². The lowest BCUT2D eigenvalue weighted by Gasteiger charge is -2.30. The zero-order valence-electron chi connectivity index (χ0n) is 16.5. The van der Waals surface area contributed by atoms with Gasteiger partial charge in [-0.3, -0.25) is 9.59 Å². The highest BCUT2D eigenvalue weighted by atomic mass is 32.1. The van der Waals surface area contributed by atoms with Gasteiger partial charge in [-0.2, -0.15) is 0 Å². The van der Waals surface area contributed by atoms with E-state index in [0.29, 0.717) is 17.5 Å². The minimum Gasteiger partial charge on any atom is -0.371 e. The van der Waals surface area contributed by atoms with Gasteiger partial charge in [-0.05, 0) is 32.1 Å². The molecule has 7 nitrogen and oxygen atoms in total. The normalized spacial score (nSPS) is 24.5. The Bertz CT molecular complexity index is 676. The summed E-state index contributed by atoms with van der Waals surface area (Å²) in [5, 5.41) is 7.19. The van der Waals surface area contributed by atoms with E-state index >= 15 is 0 Å². The Kier molecular flexibility index (Phi) is 6.37. The highest BCUT2D eigenvalue weighted by Crippen LogP contribution is 2.28. The first-order valence-electron chi connectivity index (χ1n) is 9.81. The zero-order chi connectivity index (χ0) is 19.6. The molecule has 1 saturated heterocycles. The molecule has 2 amide bonds. The summed E-state index contributed by atoms with van der Waals surface area (Å²) in [5.41, 5.74) is 0. The second kappa shape index (κ2) is 8.56. The van der Waals surface area contributed by atoms with Gasteiger partial charge in [0.15, 0.2) is 5.13 Å². The number of methoxy groups -OCH3 is 1. The lowest BCUT2D eigenvalue weighted by atomic mass is 10.00. The van der Waals surface area contributed by atoms with Gasteiger partial charge in [-0.1, -0.05) is 31.6 Å². The summed E-state index contributed by atoms with van der Waals surface area (Å²) in [4.78, 5) is 32.2. The summed E-state index contributed by atoms with van der Waals surface area (Å²) in [6.07, 6.45) is 5.17. The molecule has 4 atom stereocenters. The third kappa shape index (κ3) is 4.60. The second-order valence-electron chi connectivity index (χ2n) is 7.63. The summed E-state index contributed by atoms with van der Waals surface area (Å²) >= 11 is 1.38. The molecule has 150 valence electrons. The van der Waals surface area contributed by atoms with Crippen LogP contribution in [-0.2, 0) is 9.53 Å². The number of hydrogen-bond acceptors (Lipinski definition) is 6. The van der Waals surface area contributed by atoms with Gasteiger partial charge in [0.2, 0.25) is 0 Å². The van der Waals surface area contributed by atoms with Crippen LogP contribution in [0.15, 0.2) is 6.20 Å². The summed E-state index contributed by atoms with van der Waals surface area (Å²) in [6, 6.07) is 0.402. The number of carbonyl (C=O) groups is 2. The van der Waals surface area contributed by atoms with Crippen molar-refractivity contribution < 1.29 is 14.3 Å². The minimum absolute atomic E-state index is 0.0183. The summed E-state index contributed by atoms with van der Waals surface area (Å²) in [6.45, 7) is 6.72. The van der Waals surface area contributed by atoms with Crippen LogP contribution in [0.3, 0.4) is 0 Å². The molecule has 0 bridgehead atoms. The van der Waals surface area contributed by atoms with Crippen molar-refractivity contribution in [3.8, 4) is 0 Å². The quantitative estimate of drug-likeness (QED) is 0.708. The molecular formula is C19H30N4O3S. The van der Waals surface area contributed by atoms with E-state index in [9.17, 15) is 9.59 Å². The lowest BCUT2D eigenvalue weighted by Crippen LogP contribution is -2.49. The largest absolute Gasteiger partial charge is 0.371 e. The molecule has 2 unspecified atom stereocenters. The van der Waals surface area contributed by atoms with Gasteiger partial charge in [-0.25, -0.2) is 4.98 Å². The van der Waals surface area contributed by atoms with Crippen LogP contribution < -0.4 is 10.6 Å². The van der Waals surface area contributed by atoms with Crippen molar-refractivity contribution in [2.75, 3.05) is 19.0 Å². The number of rotatable bonds is 8. The maximum absolute atomic E-state index is 12.9. The molecule has 2 fully saturated rings. The number of likely N-dealkylation sites (tertiary alicyclic amines) is 1. The topological polar surface area (TPSA) is 83.6 Å². The van der Waals surface area contributed by atoms with E-state index in [0.717, 1.165) is 18.0 Å². The first-order chi connectivity index (χ1) is 12.9. The third-order valence-corrected chi connectivity index (χ3v) is 6.57. The molecule has 0 spiro atoms. The Hall–Kier alpha value is -1.67. The molecule has 0 aromatic carbocycles. The summed E-state index contributed by atoms with van der Waals surface area (Å²) in [5.74, 6) is 0.0652. The van der Waals surface area contributed by atoms with Crippen molar-refractivity contribution in [1.29, 1.82) is 0 Å². The molecule has 27 heavy (non-hydrogen) atoms. The molecule has 1 aliphatic heterocycles. The van der Waals surface area contributed by atoms with Crippen molar-refractivity contribution in [2.45, 2.75) is 70.7 Å². The molecule has 1 saturated carbocycles. The Labute approximate surface area is 164 Å². The maximum atomic E-state index is 12.9. The maximum Gasteiger partial charge on any atom is 0.263 e. The minimum atomic E-state index is -0.426. The van der Waals surface area contributed by atoms with Crippen molar-refractivity contribution in [3.63, 3.8) is 0 Å². The third-order valence-electron chi connectivity index (χ3n) is 5.65. The Morgan fingerprint density at radius 2 is 2.15 bits per heavy atom. The van der Waals surface area contributed by atoms with Crippen LogP contribution in [-0.4, -0.2) is 59.6 Å². The number of nitrogens with one attached hydrogen (secondary N) is 2. The molecule has 1 aromatic rings. The fourth-order valence-electron chi connectivity index (χ4n) is 3.49. The molecule has 8 heteroatoms. The van der Waals surface area contributed by atoms with E-state index in [1.54, 1.807) is 13.3 Å². The van der Waals surface area contributed by atoms with Gasteiger partial charge in [0.25, 0.3) is 11.8 Å². The molecule has 2 aliphatic rings. The van der Waals surface area contributed by atoms with Gasteiger partial charge in [0.1, 0.15) is 11.0 Å². The van der Waals surface area contributed by atoms with Crippen LogP contribution in [0.2, 0.25) is 0 Å². The van der Waals surface area contributed by atoms with Gasteiger partial charge < -0.3 is 20.3 Å². The molecule has 2 heterocycles. The van der Waals surface area contributed by atoms with E-state index in [-0.39, 0.29) is 29.8 Å². The fraction of sp³-hybridized carbons (Fsp3) is 0.737. The second-order valence-corrected chi connectivity index (χ2v) is 8.66.